The van der Waals surface area contributed by atoms with E-state index < -0.39 is 0 Å². The van der Waals surface area contributed by atoms with Crippen molar-refractivity contribution in [1.29, 1.82) is 0 Å². The van der Waals surface area contributed by atoms with E-state index in [4.69, 9.17) is 4.42 Å². The summed E-state index contributed by atoms with van der Waals surface area (Å²) < 4.78 is 7.44. The molecule has 0 N–H and O–H groups in total. The monoisotopic (exact) mass is 349 g/mol. The number of aromatic nitrogens is 2. The van der Waals surface area contributed by atoms with Crippen molar-refractivity contribution in [3.05, 3.63) is 66.7 Å². The predicted octanol–water partition coefficient (Wildman–Crippen LogP) is 4.14. The molecule has 26 heavy (non-hydrogen) atoms. The Balaban J connectivity index is 1.52. The van der Waals surface area contributed by atoms with Crippen molar-refractivity contribution in [2.75, 3.05) is 0 Å². The molecule has 1 fully saturated rings. The Labute approximate surface area is 152 Å². The van der Waals surface area contributed by atoms with Crippen LogP contribution in [0.2, 0.25) is 0 Å². The lowest BCUT2D eigenvalue weighted by molar-refractivity contribution is -0.127. The largest absolute Gasteiger partial charge is 0.464 e. The summed E-state index contributed by atoms with van der Waals surface area (Å²) in [6.45, 7) is 5.66. The highest BCUT2D eigenvalue weighted by Crippen LogP contribution is 2.28. The molecule has 1 saturated carbocycles. The molecule has 1 aromatic carbocycles. The molecule has 0 aliphatic heterocycles. The maximum atomic E-state index is 12.4. The van der Waals surface area contributed by atoms with Crippen LogP contribution in [0.1, 0.15) is 30.5 Å². The van der Waals surface area contributed by atoms with Gasteiger partial charge in [0.05, 0.1) is 18.5 Å². The number of carbonyl (C=O) groups excluding carboxylic acids is 1. The third-order valence-corrected chi connectivity index (χ3v) is 5.19. The fraction of sp³-hybridized carbons (Fsp3) is 0.333. The number of amides is 1. The normalized spacial score (nSPS) is 14.3. The summed E-state index contributed by atoms with van der Waals surface area (Å²) in [5.41, 5.74) is 2.99. The molecule has 3 aromatic rings. The molecule has 2 aromatic heterocycles. The minimum absolute atomic E-state index is 0.0753. The molecule has 0 unspecified atom stereocenters. The Kier molecular flexibility index (Phi) is 4.61. The Bertz CT molecular complexity index is 920. The lowest BCUT2D eigenvalue weighted by Gasteiger charge is -2.27. The number of carbonyl (C=O) groups is 1. The average Bonchev–Trinajstić information content (AvgIpc) is 3.25. The predicted molar refractivity (Wildman–Crippen MR) is 100 cm³/mol. The first-order chi connectivity index (χ1) is 12.7. The van der Waals surface area contributed by atoms with Crippen LogP contribution in [0, 0.1) is 5.92 Å². The second kappa shape index (κ2) is 7.20. The summed E-state index contributed by atoms with van der Waals surface area (Å²) >= 11 is 0. The van der Waals surface area contributed by atoms with Crippen molar-refractivity contribution in [1.82, 2.24) is 14.7 Å². The van der Waals surface area contributed by atoms with E-state index in [0.29, 0.717) is 13.1 Å². The van der Waals surface area contributed by atoms with Crippen LogP contribution < -0.4 is 0 Å². The van der Waals surface area contributed by atoms with E-state index in [1.54, 1.807) is 6.26 Å². The first-order valence-corrected chi connectivity index (χ1v) is 9.11. The number of hydrogen-bond acceptors (Lipinski definition) is 3. The van der Waals surface area contributed by atoms with Crippen LogP contribution in [0.25, 0.3) is 11.0 Å². The van der Waals surface area contributed by atoms with Gasteiger partial charge >= 0.3 is 0 Å². The number of furan rings is 1. The van der Waals surface area contributed by atoms with Gasteiger partial charge < -0.3 is 9.32 Å². The molecular formula is C21H23N3O2. The van der Waals surface area contributed by atoms with E-state index in [1.807, 2.05) is 40.0 Å². The number of nitrogens with zero attached hydrogens (tertiary/aromatic N) is 3. The Hall–Kier alpha value is -2.82. The highest BCUT2D eigenvalue weighted by Gasteiger charge is 2.20. The molecule has 134 valence electrons. The summed E-state index contributed by atoms with van der Waals surface area (Å²) in [7, 11) is 0. The summed E-state index contributed by atoms with van der Waals surface area (Å²) in [5.74, 6) is 0.648. The van der Waals surface area contributed by atoms with Crippen molar-refractivity contribution in [3.8, 4) is 0 Å². The van der Waals surface area contributed by atoms with E-state index in [-0.39, 0.29) is 5.91 Å². The van der Waals surface area contributed by atoms with Crippen LogP contribution in [-0.2, 0) is 24.4 Å². The molecule has 1 amide bonds. The number of rotatable bonds is 7. The van der Waals surface area contributed by atoms with Gasteiger partial charge in [-0.1, -0.05) is 19.1 Å². The molecule has 0 spiro atoms. The van der Waals surface area contributed by atoms with Crippen LogP contribution in [0.4, 0.5) is 0 Å². The zero-order chi connectivity index (χ0) is 17.9. The molecular weight excluding hydrogens is 326 g/mol. The fourth-order valence-corrected chi connectivity index (χ4v) is 3.45. The molecule has 4 rings (SSSR count). The summed E-state index contributed by atoms with van der Waals surface area (Å²) in [6.07, 6.45) is 8.75. The smallest absolute Gasteiger partial charge is 0.246 e. The van der Waals surface area contributed by atoms with Crippen molar-refractivity contribution in [2.45, 2.75) is 38.9 Å². The van der Waals surface area contributed by atoms with Gasteiger partial charge in [0.1, 0.15) is 5.58 Å². The van der Waals surface area contributed by atoms with Gasteiger partial charge in [-0.05, 0) is 54.7 Å². The van der Waals surface area contributed by atoms with Gasteiger partial charge in [-0.2, -0.15) is 5.10 Å². The summed E-state index contributed by atoms with van der Waals surface area (Å²) in [5, 5.41) is 5.50. The Morgan fingerprint density at radius 3 is 2.96 bits per heavy atom. The second-order valence-electron chi connectivity index (χ2n) is 6.99. The van der Waals surface area contributed by atoms with E-state index in [0.717, 1.165) is 34.7 Å². The minimum Gasteiger partial charge on any atom is -0.464 e. The molecule has 2 heterocycles. The van der Waals surface area contributed by atoms with Gasteiger partial charge in [0.2, 0.25) is 5.91 Å². The lowest BCUT2D eigenvalue weighted by atomic mass is 9.85. The van der Waals surface area contributed by atoms with Crippen LogP contribution in [0.3, 0.4) is 0 Å². The first kappa shape index (κ1) is 16.6. The standard InChI is InChI=1S/C21H23N3O2/c1-2-21(25)23(13-17-6-7-20-18(12-17)9-11-26-20)15-19-8-10-22-24(19)14-16-4-3-5-16/h2,6-12,16H,1,3-5,13-15H2. The zero-order valence-electron chi connectivity index (χ0n) is 14.8. The fourth-order valence-electron chi connectivity index (χ4n) is 3.45. The van der Waals surface area contributed by atoms with Crippen molar-refractivity contribution < 1.29 is 9.21 Å². The number of benzene rings is 1. The van der Waals surface area contributed by atoms with Gasteiger partial charge in [-0.3, -0.25) is 9.48 Å². The average molecular weight is 349 g/mol. The third kappa shape index (κ3) is 3.43. The first-order valence-electron chi connectivity index (χ1n) is 9.11. The van der Waals surface area contributed by atoms with Crippen molar-refractivity contribution >= 4 is 16.9 Å². The van der Waals surface area contributed by atoms with Crippen LogP contribution >= 0.6 is 0 Å². The minimum atomic E-state index is -0.0753. The molecule has 0 bridgehead atoms. The van der Waals surface area contributed by atoms with Gasteiger partial charge in [0.25, 0.3) is 0 Å². The van der Waals surface area contributed by atoms with Gasteiger partial charge in [-0.25, -0.2) is 0 Å². The molecule has 0 atom stereocenters. The van der Waals surface area contributed by atoms with Crippen LogP contribution in [-0.4, -0.2) is 20.6 Å². The topological polar surface area (TPSA) is 51.3 Å². The number of fused-ring (bicyclic) bond motifs is 1. The highest BCUT2D eigenvalue weighted by atomic mass is 16.3. The molecule has 5 heteroatoms. The maximum absolute atomic E-state index is 12.4. The van der Waals surface area contributed by atoms with E-state index >= 15 is 0 Å². The van der Waals surface area contributed by atoms with Crippen molar-refractivity contribution in [2.24, 2.45) is 5.92 Å². The second-order valence-corrected chi connectivity index (χ2v) is 6.99. The SMILES string of the molecule is C=CC(=O)N(Cc1ccc2occc2c1)Cc1ccnn1CC1CCC1. The maximum Gasteiger partial charge on any atom is 0.246 e. The van der Waals surface area contributed by atoms with E-state index in [2.05, 4.69) is 17.7 Å². The zero-order valence-corrected chi connectivity index (χ0v) is 14.8. The van der Waals surface area contributed by atoms with Gasteiger partial charge in [-0.15, -0.1) is 0 Å². The van der Waals surface area contributed by atoms with Crippen LogP contribution in [0.15, 0.2) is 59.9 Å². The van der Waals surface area contributed by atoms with Gasteiger partial charge in [0.15, 0.2) is 0 Å². The lowest BCUT2D eigenvalue weighted by Crippen LogP contribution is -2.30. The molecule has 1 aliphatic carbocycles. The molecule has 1 aliphatic rings. The van der Waals surface area contributed by atoms with Crippen LogP contribution in [0.5, 0.6) is 0 Å². The molecule has 5 nitrogen and oxygen atoms in total. The third-order valence-electron chi connectivity index (χ3n) is 5.19. The Morgan fingerprint density at radius 1 is 1.31 bits per heavy atom. The van der Waals surface area contributed by atoms with Crippen molar-refractivity contribution in [3.63, 3.8) is 0 Å². The summed E-state index contributed by atoms with van der Waals surface area (Å²) in [4.78, 5) is 14.2. The van der Waals surface area contributed by atoms with E-state index in [9.17, 15) is 4.79 Å². The van der Waals surface area contributed by atoms with E-state index in [1.165, 1.54) is 25.3 Å². The Morgan fingerprint density at radius 2 is 2.19 bits per heavy atom. The highest BCUT2D eigenvalue weighted by molar-refractivity contribution is 5.87. The summed E-state index contributed by atoms with van der Waals surface area (Å²) in [6, 6.07) is 9.95. The molecule has 0 radical (unpaired) electrons. The number of hydrogen-bond donors (Lipinski definition) is 0. The molecule has 0 saturated heterocycles. The van der Waals surface area contributed by atoms with Gasteiger partial charge in [0, 0.05) is 24.7 Å². The quantitative estimate of drug-likeness (QED) is 0.602.